The maximum absolute atomic E-state index is 11.6. The van der Waals surface area contributed by atoms with E-state index in [9.17, 15) is 14.7 Å². The van der Waals surface area contributed by atoms with Crippen molar-refractivity contribution >= 4 is 11.9 Å². The molecule has 0 aliphatic heterocycles. The molecule has 4 nitrogen and oxygen atoms in total. The van der Waals surface area contributed by atoms with Gasteiger partial charge in [-0.3, -0.25) is 9.59 Å². The van der Waals surface area contributed by atoms with Crippen molar-refractivity contribution < 1.29 is 14.7 Å². The normalized spacial score (nSPS) is 18.3. The third kappa shape index (κ3) is 4.75. The standard InChI is InChI=1S/C13H23NO3/c1-9(2)8-14-12(15)7-11(13(16)17)10-5-3-4-6-10/h9-11H,3-8H2,1-2H3,(H,14,15)(H,16,17). The monoisotopic (exact) mass is 241 g/mol. The van der Waals surface area contributed by atoms with Crippen molar-refractivity contribution in [1.82, 2.24) is 5.32 Å². The van der Waals surface area contributed by atoms with Crippen LogP contribution in [0.5, 0.6) is 0 Å². The van der Waals surface area contributed by atoms with Crippen LogP contribution in [0.3, 0.4) is 0 Å². The van der Waals surface area contributed by atoms with Gasteiger partial charge in [0.2, 0.25) is 5.91 Å². The highest BCUT2D eigenvalue weighted by molar-refractivity contribution is 5.82. The molecule has 17 heavy (non-hydrogen) atoms. The molecule has 4 heteroatoms. The predicted molar refractivity (Wildman–Crippen MR) is 65.5 cm³/mol. The number of carbonyl (C=O) groups excluding carboxylic acids is 1. The molecule has 0 aromatic carbocycles. The van der Waals surface area contributed by atoms with E-state index in [0.717, 1.165) is 25.7 Å². The molecule has 1 rings (SSSR count). The van der Waals surface area contributed by atoms with Gasteiger partial charge in [0.25, 0.3) is 0 Å². The highest BCUT2D eigenvalue weighted by Crippen LogP contribution is 2.33. The minimum absolute atomic E-state index is 0.127. The fourth-order valence-electron chi connectivity index (χ4n) is 2.41. The van der Waals surface area contributed by atoms with Crippen molar-refractivity contribution in [2.45, 2.75) is 46.0 Å². The van der Waals surface area contributed by atoms with Crippen LogP contribution in [0.4, 0.5) is 0 Å². The van der Waals surface area contributed by atoms with Crippen LogP contribution in [0, 0.1) is 17.8 Å². The Labute approximate surface area is 103 Å². The number of hydrogen-bond acceptors (Lipinski definition) is 2. The lowest BCUT2D eigenvalue weighted by Crippen LogP contribution is -2.33. The quantitative estimate of drug-likeness (QED) is 0.748. The maximum Gasteiger partial charge on any atom is 0.307 e. The van der Waals surface area contributed by atoms with Gasteiger partial charge in [0.05, 0.1) is 5.92 Å². The Morgan fingerprint density at radius 1 is 1.29 bits per heavy atom. The summed E-state index contributed by atoms with van der Waals surface area (Å²) in [5, 5.41) is 12.0. The third-order valence-corrected chi connectivity index (χ3v) is 3.40. The van der Waals surface area contributed by atoms with Crippen LogP contribution in [0.25, 0.3) is 0 Å². The molecule has 1 atom stereocenters. The largest absolute Gasteiger partial charge is 0.481 e. The second-order valence-corrected chi connectivity index (χ2v) is 5.39. The van der Waals surface area contributed by atoms with Crippen LogP contribution in [0.1, 0.15) is 46.0 Å². The summed E-state index contributed by atoms with van der Waals surface area (Å²) >= 11 is 0. The fourth-order valence-corrected chi connectivity index (χ4v) is 2.41. The summed E-state index contributed by atoms with van der Waals surface area (Å²) in [6.45, 7) is 4.66. The first-order valence-electron chi connectivity index (χ1n) is 6.50. The van der Waals surface area contributed by atoms with Crippen LogP contribution in [0.15, 0.2) is 0 Å². The van der Waals surface area contributed by atoms with Gasteiger partial charge >= 0.3 is 5.97 Å². The Hall–Kier alpha value is -1.06. The van der Waals surface area contributed by atoms with Gasteiger partial charge in [0.1, 0.15) is 0 Å². The third-order valence-electron chi connectivity index (χ3n) is 3.40. The van der Waals surface area contributed by atoms with Gasteiger partial charge in [0, 0.05) is 13.0 Å². The molecule has 1 aliphatic carbocycles. The van der Waals surface area contributed by atoms with E-state index in [1.54, 1.807) is 0 Å². The van der Waals surface area contributed by atoms with Crippen molar-refractivity contribution in [1.29, 1.82) is 0 Å². The molecule has 0 radical (unpaired) electrons. The van der Waals surface area contributed by atoms with Crippen LogP contribution in [-0.4, -0.2) is 23.5 Å². The van der Waals surface area contributed by atoms with Gasteiger partial charge in [-0.1, -0.05) is 26.7 Å². The van der Waals surface area contributed by atoms with Gasteiger partial charge in [-0.25, -0.2) is 0 Å². The van der Waals surface area contributed by atoms with Gasteiger partial charge in [0.15, 0.2) is 0 Å². The molecule has 0 aromatic rings. The Kier molecular flexibility index (Phi) is 5.45. The molecule has 0 spiro atoms. The van der Waals surface area contributed by atoms with Gasteiger partial charge in [-0.2, -0.15) is 0 Å². The summed E-state index contributed by atoms with van der Waals surface area (Å²) < 4.78 is 0. The molecule has 2 N–H and O–H groups in total. The lowest BCUT2D eigenvalue weighted by molar-refractivity contribution is -0.146. The first kappa shape index (κ1) is 14.0. The number of aliphatic carboxylic acids is 1. The topological polar surface area (TPSA) is 66.4 Å². The first-order chi connectivity index (χ1) is 8.00. The number of hydrogen-bond donors (Lipinski definition) is 2. The highest BCUT2D eigenvalue weighted by Gasteiger charge is 2.32. The Balaban J connectivity index is 2.43. The number of carboxylic acids is 1. The molecule has 1 fully saturated rings. The molecular weight excluding hydrogens is 218 g/mol. The van der Waals surface area contributed by atoms with Gasteiger partial charge in [-0.05, 0) is 24.7 Å². The number of carbonyl (C=O) groups is 2. The molecule has 1 amide bonds. The summed E-state index contributed by atoms with van der Waals surface area (Å²) in [7, 11) is 0. The zero-order chi connectivity index (χ0) is 12.8. The van der Waals surface area contributed by atoms with Gasteiger partial charge in [-0.15, -0.1) is 0 Å². The molecule has 0 bridgehead atoms. The lowest BCUT2D eigenvalue weighted by Gasteiger charge is -2.19. The lowest BCUT2D eigenvalue weighted by atomic mass is 9.88. The van der Waals surface area contributed by atoms with E-state index in [-0.39, 0.29) is 18.2 Å². The average molecular weight is 241 g/mol. The molecular formula is C13H23NO3. The van der Waals surface area contributed by atoms with Crippen LogP contribution in [0.2, 0.25) is 0 Å². The first-order valence-corrected chi connectivity index (χ1v) is 6.50. The number of amides is 1. The van der Waals surface area contributed by atoms with Crippen LogP contribution >= 0.6 is 0 Å². The van der Waals surface area contributed by atoms with Crippen molar-refractivity contribution in [3.8, 4) is 0 Å². The molecule has 0 aromatic heterocycles. The van der Waals surface area contributed by atoms with Crippen LogP contribution < -0.4 is 5.32 Å². The minimum atomic E-state index is -0.823. The van der Waals surface area contributed by atoms with Gasteiger partial charge < -0.3 is 10.4 Å². The van der Waals surface area contributed by atoms with Crippen molar-refractivity contribution in [2.75, 3.05) is 6.54 Å². The van der Waals surface area contributed by atoms with E-state index in [0.29, 0.717) is 12.5 Å². The van der Waals surface area contributed by atoms with E-state index in [4.69, 9.17) is 0 Å². The van der Waals surface area contributed by atoms with Crippen LogP contribution in [-0.2, 0) is 9.59 Å². The highest BCUT2D eigenvalue weighted by atomic mass is 16.4. The van der Waals surface area contributed by atoms with Crippen molar-refractivity contribution in [3.63, 3.8) is 0 Å². The predicted octanol–water partition coefficient (Wildman–Crippen LogP) is 2.04. The summed E-state index contributed by atoms with van der Waals surface area (Å²) in [4.78, 5) is 22.8. The summed E-state index contributed by atoms with van der Waals surface area (Å²) in [6.07, 6.45) is 4.24. The van der Waals surface area contributed by atoms with Crippen molar-refractivity contribution in [2.24, 2.45) is 17.8 Å². The second-order valence-electron chi connectivity index (χ2n) is 5.39. The molecule has 0 heterocycles. The fraction of sp³-hybridized carbons (Fsp3) is 0.846. The Morgan fingerprint density at radius 2 is 1.88 bits per heavy atom. The van der Waals surface area contributed by atoms with E-state index >= 15 is 0 Å². The molecule has 1 aliphatic rings. The molecule has 1 unspecified atom stereocenters. The Bertz CT molecular complexity index is 270. The number of nitrogens with one attached hydrogen (secondary N) is 1. The number of carboxylic acid groups (broad SMARTS) is 1. The Morgan fingerprint density at radius 3 is 2.35 bits per heavy atom. The summed E-state index contributed by atoms with van der Waals surface area (Å²) in [5.41, 5.74) is 0. The maximum atomic E-state index is 11.6. The average Bonchev–Trinajstić information content (AvgIpc) is 2.75. The summed E-state index contributed by atoms with van der Waals surface area (Å²) in [6, 6.07) is 0. The SMILES string of the molecule is CC(C)CNC(=O)CC(C(=O)O)C1CCCC1. The number of rotatable bonds is 6. The summed E-state index contributed by atoms with van der Waals surface area (Å²) in [5.74, 6) is -0.856. The minimum Gasteiger partial charge on any atom is -0.481 e. The van der Waals surface area contributed by atoms with E-state index in [2.05, 4.69) is 5.32 Å². The molecule has 0 saturated heterocycles. The zero-order valence-corrected chi connectivity index (χ0v) is 10.7. The van der Waals surface area contributed by atoms with E-state index < -0.39 is 11.9 Å². The second kappa shape index (κ2) is 6.62. The van der Waals surface area contributed by atoms with E-state index in [1.165, 1.54) is 0 Å². The molecule has 1 saturated carbocycles. The molecule has 98 valence electrons. The smallest absolute Gasteiger partial charge is 0.307 e. The zero-order valence-electron chi connectivity index (χ0n) is 10.7. The van der Waals surface area contributed by atoms with E-state index in [1.807, 2.05) is 13.8 Å². The van der Waals surface area contributed by atoms with Crippen molar-refractivity contribution in [3.05, 3.63) is 0 Å².